The summed E-state index contributed by atoms with van der Waals surface area (Å²) in [6, 6.07) is 8.63. The minimum absolute atomic E-state index is 0.711. The molecule has 0 bridgehead atoms. The minimum atomic E-state index is 0.711. The molecule has 94 valence electrons. The van der Waals surface area contributed by atoms with Gasteiger partial charge in [0.1, 0.15) is 0 Å². The van der Waals surface area contributed by atoms with Crippen LogP contribution in [0.2, 0.25) is 5.02 Å². The van der Waals surface area contributed by atoms with Gasteiger partial charge in [0.2, 0.25) is 0 Å². The van der Waals surface area contributed by atoms with Crippen LogP contribution in [0.1, 0.15) is 24.1 Å². The van der Waals surface area contributed by atoms with Crippen molar-refractivity contribution in [3.8, 4) is 5.69 Å². The van der Waals surface area contributed by atoms with Gasteiger partial charge in [-0.1, -0.05) is 17.7 Å². The van der Waals surface area contributed by atoms with Crippen molar-refractivity contribution in [3.63, 3.8) is 0 Å². The highest BCUT2D eigenvalue weighted by Crippen LogP contribution is 2.20. The van der Waals surface area contributed by atoms with E-state index in [2.05, 4.69) is 23.4 Å². The van der Waals surface area contributed by atoms with E-state index in [-0.39, 0.29) is 0 Å². The van der Waals surface area contributed by atoms with Crippen LogP contribution in [0.25, 0.3) is 5.69 Å². The van der Waals surface area contributed by atoms with Crippen molar-refractivity contribution in [2.45, 2.75) is 32.4 Å². The summed E-state index contributed by atoms with van der Waals surface area (Å²) < 4.78 is 1.89. The van der Waals surface area contributed by atoms with E-state index in [1.165, 1.54) is 18.4 Å². The number of aryl methyl sites for hydroxylation is 1. The molecule has 3 nitrogen and oxygen atoms in total. The summed E-state index contributed by atoms with van der Waals surface area (Å²) in [7, 11) is 0. The van der Waals surface area contributed by atoms with Crippen LogP contribution in [0.15, 0.2) is 30.5 Å². The van der Waals surface area contributed by atoms with Crippen LogP contribution < -0.4 is 5.32 Å². The molecule has 0 saturated heterocycles. The van der Waals surface area contributed by atoms with Crippen LogP contribution in [0.5, 0.6) is 0 Å². The third kappa shape index (κ3) is 2.57. The average molecular weight is 262 g/mol. The lowest BCUT2D eigenvalue weighted by atomic mass is 10.2. The van der Waals surface area contributed by atoms with Crippen molar-refractivity contribution in [1.82, 2.24) is 15.1 Å². The topological polar surface area (TPSA) is 29.9 Å². The lowest BCUT2D eigenvalue weighted by Gasteiger charge is -2.06. The highest BCUT2D eigenvalue weighted by Gasteiger charge is 2.20. The first-order valence-corrected chi connectivity index (χ1v) is 6.64. The van der Waals surface area contributed by atoms with Gasteiger partial charge in [0.15, 0.2) is 0 Å². The first-order valence-electron chi connectivity index (χ1n) is 6.27. The van der Waals surface area contributed by atoms with Crippen LogP contribution in [0.3, 0.4) is 0 Å². The highest BCUT2D eigenvalue weighted by molar-refractivity contribution is 6.30. The normalized spacial score (nSPS) is 15.0. The van der Waals surface area contributed by atoms with E-state index >= 15 is 0 Å². The summed E-state index contributed by atoms with van der Waals surface area (Å²) in [4.78, 5) is 0. The van der Waals surface area contributed by atoms with Gasteiger partial charge in [-0.25, -0.2) is 4.68 Å². The zero-order chi connectivity index (χ0) is 12.5. The fourth-order valence-corrected chi connectivity index (χ4v) is 2.12. The number of hydrogen-bond acceptors (Lipinski definition) is 2. The maximum absolute atomic E-state index is 6.03. The van der Waals surface area contributed by atoms with Gasteiger partial charge >= 0.3 is 0 Å². The van der Waals surface area contributed by atoms with Crippen molar-refractivity contribution in [2.75, 3.05) is 0 Å². The molecular weight excluding hydrogens is 246 g/mol. The van der Waals surface area contributed by atoms with Crippen LogP contribution in [0.4, 0.5) is 0 Å². The molecule has 1 aromatic carbocycles. The Morgan fingerprint density at radius 2 is 2.22 bits per heavy atom. The van der Waals surface area contributed by atoms with Gasteiger partial charge in [-0.15, -0.1) is 0 Å². The molecule has 18 heavy (non-hydrogen) atoms. The third-order valence-corrected chi connectivity index (χ3v) is 3.45. The van der Waals surface area contributed by atoms with Gasteiger partial charge in [-0.3, -0.25) is 0 Å². The molecule has 1 N–H and O–H groups in total. The number of rotatable bonds is 4. The molecule has 1 heterocycles. The first kappa shape index (κ1) is 11.8. The summed E-state index contributed by atoms with van der Waals surface area (Å²) in [6.45, 7) is 2.91. The molecule has 2 aromatic rings. The molecular formula is C14H16ClN3. The molecule has 0 aliphatic heterocycles. The van der Waals surface area contributed by atoms with Crippen molar-refractivity contribution in [3.05, 3.63) is 46.7 Å². The first-order chi connectivity index (χ1) is 8.72. The molecule has 4 heteroatoms. The second-order valence-corrected chi connectivity index (χ2v) is 5.27. The van der Waals surface area contributed by atoms with Crippen molar-refractivity contribution >= 4 is 11.6 Å². The number of halogens is 1. The molecule has 0 unspecified atom stereocenters. The van der Waals surface area contributed by atoms with Crippen LogP contribution in [-0.2, 0) is 6.54 Å². The summed E-state index contributed by atoms with van der Waals surface area (Å²) in [5.41, 5.74) is 3.28. The number of benzene rings is 1. The smallest absolute Gasteiger partial charge is 0.0766 e. The Labute approximate surface area is 112 Å². The summed E-state index contributed by atoms with van der Waals surface area (Å²) >= 11 is 6.03. The Bertz CT molecular complexity index is 558. The van der Waals surface area contributed by atoms with Crippen molar-refractivity contribution < 1.29 is 0 Å². The SMILES string of the molecule is Cc1ccc(Cl)cc1-n1ccc(CNC2CC2)n1. The van der Waals surface area contributed by atoms with Gasteiger partial charge in [0, 0.05) is 23.8 Å². The Kier molecular flexibility index (Phi) is 3.10. The van der Waals surface area contributed by atoms with Gasteiger partial charge in [0.25, 0.3) is 0 Å². The fourth-order valence-electron chi connectivity index (χ4n) is 1.96. The van der Waals surface area contributed by atoms with E-state index in [1.54, 1.807) is 0 Å². The lowest BCUT2D eigenvalue weighted by molar-refractivity contribution is 0.664. The monoisotopic (exact) mass is 261 g/mol. The van der Waals surface area contributed by atoms with E-state index in [0.29, 0.717) is 6.04 Å². The molecule has 0 spiro atoms. The van der Waals surface area contributed by atoms with E-state index in [9.17, 15) is 0 Å². The second-order valence-electron chi connectivity index (χ2n) is 4.84. The largest absolute Gasteiger partial charge is 0.308 e. The lowest BCUT2D eigenvalue weighted by Crippen LogP contribution is -2.15. The molecule has 3 rings (SSSR count). The summed E-state index contributed by atoms with van der Waals surface area (Å²) in [5, 5.41) is 8.78. The Hall–Kier alpha value is -1.32. The maximum atomic E-state index is 6.03. The third-order valence-electron chi connectivity index (χ3n) is 3.21. The molecule has 1 aliphatic rings. The summed E-state index contributed by atoms with van der Waals surface area (Å²) in [6.07, 6.45) is 4.59. The predicted molar refractivity (Wildman–Crippen MR) is 73.2 cm³/mol. The highest BCUT2D eigenvalue weighted by atomic mass is 35.5. The van der Waals surface area contributed by atoms with Gasteiger partial charge in [0.05, 0.1) is 11.4 Å². The quantitative estimate of drug-likeness (QED) is 0.917. The second kappa shape index (κ2) is 4.75. The number of hydrogen-bond donors (Lipinski definition) is 1. The fraction of sp³-hybridized carbons (Fsp3) is 0.357. The molecule has 0 radical (unpaired) electrons. The summed E-state index contributed by atoms with van der Waals surface area (Å²) in [5.74, 6) is 0. The van der Waals surface area contributed by atoms with Crippen LogP contribution in [0, 0.1) is 6.92 Å². The predicted octanol–water partition coefficient (Wildman–Crippen LogP) is 3.09. The molecule has 1 aliphatic carbocycles. The number of nitrogens with one attached hydrogen (secondary N) is 1. The Morgan fingerprint density at radius 3 is 3.00 bits per heavy atom. The van der Waals surface area contributed by atoms with E-state index in [1.807, 2.05) is 29.1 Å². The number of aromatic nitrogens is 2. The molecule has 0 atom stereocenters. The molecule has 0 amide bonds. The number of nitrogens with zero attached hydrogens (tertiary/aromatic N) is 2. The van der Waals surface area contributed by atoms with Gasteiger partial charge in [-0.2, -0.15) is 5.10 Å². The minimum Gasteiger partial charge on any atom is -0.308 e. The van der Waals surface area contributed by atoms with Crippen molar-refractivity contribution in [1.29, 1.82) is 0 Å². The Balaban J connectivity index is 1.80. The van der Waals surface area contributed by atoms with E-state index < -0.39 is 0 Å². The van der Waals surface area contributed by atoms with Crippen LogP contribution >= 0.6 is 11.6 Å². The zero-order valence-corrected chi connectivity index (χ0v) is 11.1. The van der Waals surface area contributed by atoms with Crippen LogP contribution in [-0.4, -0.2) is 15.8 Å². The zero-order valence-electron chi connectivity index (χ0n) is 10.4. The molecule has 1 aromatic heterocycles. The van der Waals surface area contributed by atoms with Gasteiger partial charge in [-0.05, 0) is 43.5 Å². The standard InChI is InChI=1S/C14H16ClN3/c1-10-2-3-11(15)8-14(10)18-7-6-13(17-18)9-16-12-4-5-12/h2-3,6-8,12,16H,4-5,9H2,1H3. The van der Waals surface area contributed by atoms with E-state index in [0.717, 1.165) is 22.9 Å². The van der Waals surface area contributed by atoms with Crippen molar-refractivity contribution in [2.24, 2.45) is 0 Å². The van der Waals surface area contributed by atoms with E-state index in [4.69, 9.17) is 11.6 Å². The molecule has 1 fully saturated rings. The molecule has 1 saturated carbocycles. The Morgan fingerprint density at radius 1 is 1.39 bits per heavy atom. The maximum Gasteiger partial charge on any atom is 0.0766 e. The van der Waals surface area contributed by atoms with Gasteiger partial charge < -0.3 is 5.32 Å². The average Bonchev–Trinajstić information content (AvgIpc) is 3.08.